The van der Waals surface area contributed by atoms with Crippen LogP contribution in [0.2, 0.25) is 0 Å². The van der Waals surface area contributed by atoms with Crippen LogP contribution in [-0.4, -0.2) is 35.8 Å². The fourth-order valence-corrected chi connectivity index (χ4v) is 2.84. The Morgan fingerprint density at radius 1 is 1.33 bits per heavy atom. The lowest BCUT2D eigenvalue weighted by Gasteiger charge is -2.35. The number of rotatable bonds is 2. The molecule has 0 saturated carbocycles. The highest BCUT2D eigenvalue weighted by Crippen LogP contribution is 2.27. The minimum atomic E-state index is -0.362. The summed E-state index contributed by atoms with van der Waals surface area (Å²) in [6, 6.07) is 7.34. The predicted octanol–water partition coefficient (Wildman–Crippen LogP) is 2.33. The van der Waals surface area contributed by atoms with Crippen LogP contribution in [-0.2, 0) is 10.2 Å². The third-order valence-corrected chi connectivity index (χ3v) is 3.94. The molecule has 4 heteroatoms. The van der Waals surface area contributed by atoms with Crippen molar-refractivity contribution in [3.8, 4) is 0 Å². The van der Waals surface area contributed by atoms with Gasteiger partial charge >= 0.3 is 0 Å². The van der Waals surface area contributed by atoms with Crippen LogP contribution in [0.4, 0.5) is 0 Å². The van der Waals surface area contributed by atoms with Crippen molar-refractivity contribution in [1.82, 2.24) is 10.2 Å². The molecule has 0 aromatic heterocycles. The van der Waals surface area contributed by atoms with Gasteiger partial charge in [0.1, 0.15) is 6.04 Å². The van der Waals surface area contributed by atoms with Gasteiger partial charge < -0.3 is 10.2 Å². The van der Waals surface area contributed by atoms with Gasteiger partial charge in [-0.3, -0.25) is 9.59 Å². The maximum Gasteiger partial charge on any atom is 0.254 e. The van der Waals surface area contributed by atoms with Gasteiger partial charge in [0.2, 0.25) is 5.91 Å². The van der Waals surface area contributed by atoms with Gasteiger partial charge in [-0.25, -0.2) is 0 Å². The molecule has 0 spiro atoms. The number of benzene rings is 1. The molecule has 1 atom stereocenters. The summed E-state index contributed by atoms with van der Waals surface area (Å²) < 4.78 is 0. The number of nitrogens with one attached hydrogen (secondary N) is 1. The highest BCUT2D eigenvalue weighted by Gasteiger charge is 2.33. The van der Waals surface area contributed by atoms with E-state index >= 15 is 0 Å². The predicted molar refractivity (Wildman–Crippen MR) is 83.3 cm³/mol. The maximum absolute atomic E-state index is 12.9. The van der Waals surface area contributed by atoms with Gasteiger partial charge in [-0.1, -0.05) is 45.9 Å². The summed E-state index contributed by atoms with van der Waals surface area (Å²) in [5, 5.41) is 2.83. The molecule has 21 heavy (non-hydrogen) atoms. The van der Waals surface area contributed by atoms with Crippen LogP contribution in [0, 0.1) is 0 Å². The summed E-state index contributed by atoms with van der Waals surface area (Å²) in [5.74, 6) is -0.0902. The molecule has 4 nitrogen and oxygen atoms in total. The lowest BCUT2D eigenvalue weighted by Crippen LogP contribution is -2.57. The third kappa shape index (κ3) is 3.09. The molecule has 1 aliphatic rings. The lowest BCUT2D eigenvalue weighted by molar-refractivity contribution is -0.127. The van der Waals surface area contributed by atoms with E-state index in [-0.39, 0.29) is 23.3 Å². The second-order valence-electron chi connectivity index (χ2n) is 6.51. The average molecular weight is 288 g/mol. The van der Waals surface area contributed by atoms with Gasteiger partial charge in [-0.15, -0.1) is 0 Å². The van der Waals surface area contributed by atoms with Crippen LogP contribution >= 0.6 is 0 Å². The SMILES string of the molecule is CCC1C(=O)NCCN1C(=O)c1ccccc1C(C)(C)C. The fourth-order valence-electron chi connectivity index (χ4n) is 2.84. The van der Waals surface area contributed by atoms with Gasteiger partial charge in [-0.05, 0) is 23.5 Å². The van der Waals surface area contributed by atoms with Crippen LogP contribution in [0.15, 0.2) is 24.3 Å². The minimum Gasteiger partial charge on any atom is -0.353 e. The Balaban J connectivity index is 2.38. The Morgan fingerprint density at radius 2 is 2.00 bits per heavy atom. The van der Waals surface area contributed by atoms with Gasteiger partial charge in [0.15, 0.2) is 0 Å². The van der Waals surface area contributed by atoms with Gasteiger partial charge in [0.25, 0.3) is 5.91 Å². The van der Waals surface area contributed by atoms with E-state index in [4.69, 9.17) is 0 Å². The number of hydrogen-bond acceptors (Lipinski definition) is 2. The molecule has 2 amide bonds. The summed E-state index contributed by atoms with van der Waals surface area (Å²) >= 11 is 0. The molecule has 1 N–H and O–H groups in total. The molecular formula is C17H24N2O2. The van der Waals surface area contributed by atoms with Crippen LogP contribution in [0.5, 0.6) is 0 Å². The van der Waals surface area contributed by atoms with Crippen LogP contribution in [0.3, 0.4) is 0 Å². The first-order chi connectivity index (χ1) is 9.86. The van der Waals surface area contributed by atoms with Crippen molar-refractivity contribution in [2.75, 3.05) is 13.1 Å². The number of nitrogens with zero attached hydrogens (tertiary/aromatic N) is 1. The first-order valence-corrected chi connectivity index (χ1v) is 7.54. The standard InChI is InChI=1S/C17H24N2O2/c1-5-14-15(20)18-10-11-19(14)16(21)12-8-6-7-9-13(12)17(2,3)4/h6-9,14H,5,10-11H2,1-4H3,(H,18,20). The van der Waals surface area contributed by atoms with Gasteiger partial charge in [0, 0.05) is 18.7 Å². The van der Waals surface area contributed by atoms with Crippen molar-refractivity contribution in [2.24, 2.45) is 0 Å². The Kier molecular flexibility index (Phi) is 4.35. The third-order valence-electron chi connectivity index (χ3n) is 3.94. The molecular weight excluding hydrogens is 264 g/mol. The molecule has 0 aliphatic carbocycles. The van der Waals surface area contributed by atoms with Crippen LogP contribution in [0.1, 0.15) is 50.0 Å². The molecule has 0 radical (unpaired) electrons. The molecule has 1 saturated heterocycles. The average Bonchev–Trinajstić information content (AvgIpc) is 2.45. The maximum atomic E-state index is 12.9. The molecule has 2 rings (SSSR count). The molecule has 1 aromatic rings. The number of amides is 2. The largest absolute Gasteiger partial charge is 0.353 e. The Morgan fingerprint density at radius 3 is 2.62 bits per heavy atom. The van der Waals surface area contributed by atoms with Crippen molar-refractivity contribution in [3.63, 3.8) is 0 Å². The first-order valence-electron chi connectivity index (χ1n) is 7.54. The number of carbonyl (C=O) groups excluding carboxylic acids is 2. The smallest absolute Gasteiger partial charge is 0.254 e. The summed E-state index contributed by atoms with van der Waals surface area (Å²) in [6.45, 7) is 9.32. The van der Waals surface area contributed by atoms with Crippen molar-refractivity contribution in [2.45, 2.75) is 45.6 Å². The van der Waals surface area contributed by atoms with Gasteiger partial charge in [-0.2, -0.15) is 0 Å². The fraction of sp³-hybridized carbons (Fsp3) is 0.529. The van der Waals surface area contributed by atoms with E-state index in [1.807, 2.05) is 31.2 Å². The molecule has 0 bridgehead atoms. The Labute approximate surface area is 126 Å². The molecule has 114 valence electrons. The second-order valence-corrected chi connectivity index (χ2v) is 6.51. The number of piperazine rings is 1. The highest BCUT2D eigenvalue weighted by atomic mass is 16.2. The molecule has 1 aliphatic heterocycles. The van der Waals surface area contributed by atoms with Crippen LogP contribution < -0.4 is 5.32 Å². The molecule has 1 unspecified atom stereocenters. The van der Waals surface area contributed by atoms with E-state index in [2.05, 4.69) is 26.1 Å². The van der Waals surface area contributed by atoms with Crippen molar-refractivity contribution >= 4 is 11.8 Å². The van der Waals surface area contributed by atoms with E-state index in [0.29, 0.717) is 25.1 Å². The lowest BCUT2D eigenvalue weighted by atomic mass is 9.83. The van der Waals surface area contributed by atoms with E-state index < -0.39 is 0 Å². The van der Waals surface area contributed by atoms with E-state index in [1.54, 1.807) is 4.90 Å². The van der Waals surface area contributed by atoms with E-state index in [1.165, 1.54) is 0 Å². The Bertz CT molecular complexity index is 546. The first kappa shape index (κ1) is 15.5. The zero-order valence-electron chi connectivity index (χ0n) is 13.3. The summed E-state index contributed by atoms with van der Waals surface area (Å²) in [4.78, 5) is 26.6. The summed E-state index contributed by atoms with van der Waals surface area (Å²) in [6.07, 6.45) is 0.634. The topological polar surface area (TPSA) is 49.4 Å². The van der Waals surface area contributed by atoms with E-state index in [0.717, 1.165) is 5.56 Å². The van der Waals surface area contributed by atoms with Crippen molar-refractivity contribution in [1.29, 1.82) is 0 Å². The minimum absolute atomic E-state index is 0.0396. The van der Waals surface area contributed by atoms with Crippen molar-refractivity contribution in [3.05, 3.63) is 35.4 Å². The summed E-state index contributed by atoms with van der Waals surface area (Å²) in [7, 11) is 0. The molecule has 1 heterocycles. The van der Waals surface area contributed by atoms with E-state index in [9.17, 15) is 9.59 Å². The monoisotopic (exact) mass is 288 g/mol. The summed E-state index contributed by atoms with van der Waals surface area (Å²) in [5.41, 5.74) is 1.63. The quantitative estimate of drug-likeness (QED) is 0.908. The second kappa shape index (κ2) is 5.88. The van der Waals surface area contributed by atoms with Gasteiger partial charge in [0.05, 0.1) is 0 Å². The highest BCUT2D eigenvalue weighted by molar-refractivity contribution is 5.99. The van der Waals surface area contributed by atoms with Crippen molar-refractivity contribution < 1.29 is 9.59 Å². The molecule has 1 fully saturated rings. The molecule has 1 aromatic carbocycles. The van der Waals surface area contributed by atoms with Crippen LogP contribution in [0.25, 0.3) is 0 Å². The number of carbonyl (C=O) groups is 2. The number of hydrogen-bond donors (Lipinski definition) is 1. The zero-order chi connectivity index (χ0) is 15.6. The normalized spacial score (nSPS) is 19.3. The zero-order valence-corrected chi connectivity index (χ0v) is 13.3. The Hall–Kier alpha value is -1.84.